The Morgan fingerprint density at radius 1 is 1.17 bits per heavy atom. The number of benzene rings is 2. The summed E-state index contributed by atoms with van der Waals surface area (Å²) < 4.78 is 11.6. The fourth-order valence-electron chi connectivity index (χ4n) is 4.39. The smallest absolute Gasteiger partial charge is 0.119 e. The molecular formula is C23H27ClO5. The van der Waals surface area contributed by atoms with Gasteiger partial charge < -0.3 is 24.8 Å². The molecule has 0 aromatic heterocycles. The van der Waals surface area contributed by atoms with E-state index in [9.17, 15) is 15.3 Å². The van der Waals surface area contributed by atoms with Gasteiger partial charge in [0.25, 0.3) is 0 Å². The molecule has 1 unspecified atom stereocenters. The van der Waals surface area contributed by atoms with E-state index in [0.29, 0.717) is 24.5 Å². The molecule has 4 rings (SSSR count). The number of ether oxygens (including phenoxy) is 2. The van der Waals surface area contributed by atoms with E-state index < -0.39 is 30.0 Å². The third-order valence-corrected chi connectivity index (χ3v) is 6.53. The van der Waals surface area contributed by atoms with E-state index in [-0.39, 0.29) is 5.92 Å². The first kappa shape index (κ1) is 20.6. The summed E-state index contributed by atoms with van der Waals surface area (Å²) >= 11 is 6.43. The maximum Gasteiger partial charge on any atom is 0.119 e. The minimum Gasteiger partial charge on any atom is -0.494 e. The molecule has 2 aromatic carbocycles. The zero-order valence-corrected chi connectivity index (χ0v) is 17.3. The standard InChI is InChI=1S/C23H27ClO5/c1-3-28-17-7-4-14(5-8-17)10-16-11-15(6-9-19(16)24)22-21(27)20(26)18-12-23(18,29-22)13(2)25/h4-9,11,13,18,20-22,25-27H,3,10,12H2,1-2H3/t13?,18-,20+,21-,22+,23+/m1/s1. The molecule has 1 aliphatic carbocycles. The van der Waals surface area contributed by atoms with Crippen molar-refractivity contribution in [2.24, 2.45) is 5.92 Å². The van der Waals surface area contributed by atoms with E-state index in [0.717, 1.165) is 22.4 Å². The van der Waals surface area contributed by atoms with Crippen LogP contribution in [-0.2, 0) is 11.2 Å². The largest absolute Gasteiger partial charge is 0.494 e. The van der Waals surface area contributed by atoms with Crippen molar-refractivity contribution < 1.29 is 24.8 Å². The van der Waals surface area contributed by atoms with Gasteiger partial charge in [-0.3, -0.25) is 0 Å². The summed E-state index contributed by atoms with van der Waals surface area (Å²) in [7, 11) is 0. The third kappa shape index (κ3) is 3.78. The average molecular weight is 419 g/mol. The summed E-state index contributed by atoms with van der Waals surface area (Å²) in [6, 6.07) is 13.4. The molecule has 2 fully saturated rings. The lowest BCUT2D eigenvalue weighted by Crippen LogP contribution is -2.48. The highest BCUT2D eigenvalue weighted by Crippen LogP contribution is 2.59. The van der Waals surface area contributed by atoms with Gasteiger partial charge in [-0.1, -0.05) is 35.9 Å². The molecule has 156 valence electrons. The van der Waals surface area contributed by atoms with E-state index in [1.165, 1.54) is 0 Å². The van der Waals surface area contributed by atoms with Crippen LogP contribution in [0.4, 0.5) is 0 Å². The number of aliphatic hydroxyl groups is 3. The van der Waals surface area contributed by atoms with Crippen LogP contribution < -0.4 is 4.74 Å². The van der Waals surface area contributed by atoms with Crippen molar-refractivity contribution in [2.75, 3.05) is 6.61 Å². The maximum atomic E-state index is 10.6. The van der Waals surface area contributed by atoms with Gasteiger partial charge in [0.1, 0.15) is 23.6 Å². The zero-order chi connectivity index (χ0) is 20.8. The molecule has 2 aliphatic rings. The Bertz CT molecular complexity index is 868. The molecule has 0 bridgehead atoms. The second-order valence-corrected chi connectivity index (χ2v) is 8.47. The average Bonchev–Trinajstić information content (AvgIpc) is 3.45. The van der Waals surface area contributed by atoms with Gasteiger partial charge in [-0.25, -0.2) is 0 Å². The van der Waals surface area contributed by atoms with Gasteiger partial charge in [0.15, 0.2) is 0 Å². The molecule has 1 saturated heterocycles. The van der Waals surface area contributed by atoms with Crippen molar-refractivity contribution in [3.63, 3.8) is 0 Å². The second-order valence-electron chi connectivity index (χ2n) is 8.07. The first-order valence-electron chi connectivity index (χ1n) is 10.1. The van der Waals surface area contributed by atoms with Crippen molar-refractivity contribution in [3.05, 3.63) is 64.2 Å². The lowest BCUT2D eigenvalue weighted by atomic mass is 9.90. The first-order chi connectivity index (χ1) is 13.9. The van der Waals surface area contributed by atoms with Crippen LogP contribution in [0.5, 0.6) is 5.75 Å². The number of aliphatic hydroxyl groups excluding tert-OH is 3. The molecule has 0 radical (unpaired) electrons. The van der Waals surface area contributed by atoms with Gasteiger partial charge in [0, 0.05) is 10.9 Å². The molecule has 6 heteroatoms. The van der Waals surface area contributed by atoms with Gasteiger partial charge in [0.05, 0.1) is 18.8 Å². The molecule has 0 amide bonds. The fourth-order valence-corrected chi connectivity index (χ4v) is 4.58. The number of hydrogen-bond donors (Lipinski definition) is 3. The van der Waals surface area contributed by atoms with E-state index in [4.69, 9.17) is 21.1 Å². The number of halogens is 1. The Hall–Kier alpha value is -1.63. The highest BCUT2D eigenvalue weighted by atomic mass is 35.5. The van der Waals surface area contributed by atoms with E-state index >= 15 is 0 Å². The second kappa shape index (κ2) is 7.89. The summed E-state index contributed by atoms with van der Waals surface area (Å²) in [6.07, 6.45) is -2.23. The van der Waals surface area contributed by atoms with Crippen molar-refractivity contribution in [3.8, 4) is 5.75 Å². The predicted molar refractivity (Wildman–Crippen MR) is 110 cm³/mol. The Balaban J connectivity index is 1.58. The summed E-state index contributed by atoms with van der Waals surface area (Å²) in [4.78, 5) is 0. The van der Waals surface area contributed by atoms with Crippen LogP contribution in [0.1, 0.15) is 43.1 Å². The highest BCUT2D eigenvalue weighted by Gasteiger charge is 2.68. The van der Waals surface area contributed by atoms with Gasteiger partial charge in [-0.2, -0.15) is 0 Å². The molecule has 1 saturated carbocycles. The molecule has 29 heavy (non-hydrogen) atoms. The Morgan fingerprint density at radius 3 is 2.55 bits per heavy atom. The predicted octanol–water partition coefficient (Wildman–Crippen LogP) is 3.26. The van der Waals surface area contributed by atoms with Gasteiger partial charge in [0.2, 0.25) is 0 Å². The van der Waals surface area contributed by atoms with Crippen LogP contribution in [0.25, 0.3) is 0 Å². The van der Waals surface area contributed by atoms with Crippen molar-refractivity contribution >= 4 is 11.6 Å². The maximum absolute atomic E-state index is 10.6. The normalized spacial score (nSPS) is 31.8. The molecule has 3 N–H and O–H groups in total. The highest BCUT2D eigenvalue weighted by molar-refractivity contribution is 6.31. The van der Waals surface area contributed by atoms with E-state index in [1.54, 1.807) is 13.0 Å². The first-order valence-corrected chi connectivity index (χ1v) is 10.5. The van der Waals surface area contributed by atoms with Crippen molar-refractivity contribution in [1.29, 1.82) is 0 Å². The quantitative estimate of drug-likeness (QED) is 0.671. The summed E-state index contributed by atoms with van der Waals surface area (Å²) in [5, 5.41) is 31.9. The van der Waals surface area contributed by atoms with Crippen molar-refractivity contribution in [2.45, 2.75) is 56.7 Å². The summed E-state index contributed by atoms with van der Waals surface area (Å²) in [5.41, 5.74) is 1.95. The molecule has 6 atom stereocenters. The van der Waals surface area contributed by atoms with E-state index in [1.807, 2.05) is 43.3 Å². The minimum absolute atomic E-state index is 0.232. The minimum atomic E-state index is -1.05. The summed E-state index contributed by atoms with van der Waals surface area (Å²) in [5.74, 6) is 0.593. The van der Waals surface area contributed by atoms with Crippen LogP contribution in [0.2, 0.25) is 5.02 Å². The molecule has 0 spiro atoms. The van der Waals surface area contributed by atoms with Gasteiger partial charge in [-0.15, -0.1) is 0 Å². The number of fused-ring (bicyclic) bond motifs is 1. The lowest BCUT2D eigenvalue weighted by Gasteiger charge is -2.38. The molecule has 5 nitrogen and oxygen atoms in total. The Morgan fingerprint density at radius 2 is 1.90 bits per heavy atom. The number of rotatable bonds is 6. The van der Waals surface area contributed by atoms with Crippen molar-refractivity contribution in [1.82, 2.24) is 0 Å². The molecular weight excluding hydrogens is 392 g/mol. The summed E-state index contributed by atoms with van der Waals surface area (Å²) in [6.45, 7) is 4.24. The SMILES string of the molecule is CCOc1ccc(Cc2cc([C@@H]3O[C@]4(C(C)O)C[C@@H]4[C@H](O)[C@H]3O)ccc2Cl)cc1. The third-order valence-electron chi connectivity index (χ3n) is 6.16. The lowest BCUT2D eigenvalue weighted by molar-refractivity contribution is -0.201. The van der Waals surface area contributed by atoms with Crippen LogP contribution in [0, 0.1) is 5.92 Å². The van der Waals surface area contributed by atoms with Crippen LogP contribution in [0.15, 0.2) is 42.5 Å². The number of hydrogen-bond acceptors (Lipinski definition) is 5. The van der Waals surface area contributed by atoms with Gasteiger partial charge >= 0.3 is 0 Å². The van der Waals surface area contributed by atoms with Crippen LogP contribution >= 0.6 is 11.6 Å². The molecule has 2 aromatic rings. The molecule has 1 heterocycles. The topological polar surface area (TPSA) is 79.2 Å². The Kier molecular flexibility index (Phi) is 5.62. The van der Waals surface area contributed by atoms with Gasteiger partial charge in [-0.05, 0) is 61.6 Å². The van der Waals surface area contributed by atoms with E-state index in [2.05, 4.69) is 0 Å². The molecule has 1 aliphatic heterocycles. The Labute approximate surface area is 175 Å². The zero-order valence-electron chi connectivity index (χ0n) is 16.6. The monoisotopic (exact) mass is 418 g/mol. The fraction of sp³-hybridized carbons (Fsp3) is 0.478. The van der Waals surface area contributed by atoms with Crippen LogP contribution in [0.3, 0.4) is 0 Å². The van der Waals surface area contributed by atoms with Crippen LogP contribution in [-0.4, -0.2) is 45.8 Å².